The number of fused-ring (bicyclic) bond motifs is 1. The summed E-state index contributed by atoms with van der Waals surface area (Å²) in [5, 5.41) is 25.8. The second-order valence-electron chi connectivity index (χ2n) is 13.9. The molecule has 51 heavy (non-hydrogen) atoms. The summed E-state index contributed by atoms with van der Waals surface area (Å²) in [5.74, 6) is -0.0972. The number of ether oxygens (including phenoxy) is 4. The zero-order valence-corrected chi connectivity index (χ0v) is 29.6. The van der Waals surface area contributed by atoms with Crippen LogP contribution in [0.4, 0.5) is 4.79 Å². The average molecular weight is 702 g/mol. The third kappa shape index (κ3) is 9.66. The Labute approximate surface area is 300 Å². The van der Waals surface area contributed by atoms with E-state index in [1.807, 2.05) is 85.8 Å². The smallest absolute Gasteiger partial charge is 0.408 e. The number of hydrogen-bond donors (Lipinski definition) is 3. The lowest BCUT2D eigenvalue weighted by atomic mass is 9.84. The van der Waals surface area contributed by atoms with Crippen molar-refractivity contribution in [2.75, 3.05) is 53.1 Å². The number of hydrogen-bond acceptors (Lipinski definition) is 9. The van der Waals surface area contributed by atoms with Crippen LogP contribution in [0.3, 0.4) is 0 Å². The first-order chi connectivity index (χ1) is 24.7. The van der Waals surface area contributed by atoms with Crippen molar-refractivity contribution in [3.63, 3.8) is 0 Å². The summed E-state index contributed by atoms with van der Waals surface area (Å²) >= 11 is 0. The Kier molecular flexibility index (Phi) is 12.6. The highest BCUT2D eigenvalue weighted by molar-refractivity contribution is 5.86. The molecule has 2 amide bonds. The highest BCUT2D eigenvalue weighted by atomic mass is 16.6. The third-order valence-corrected chi connectivity index (χ3v) is 10.3. The maximum atomic E-state index is 14.3. The predicted octanol–water partition coefficient (Wildman–Crippen LogP) is 3.86. The average Bonchev–Trinajstić information content (AvgIpc) is 3.71. The van der Waals surface area contributed by atoms with E-state index in [-0.39, 0.29) is 19.1 Å². The summed E-state index contributed by atoms with van der Waals surface area (Å²) in [5.41, 5.74) is 3.76. The lowest BCUT2D eigenvalue weighted by molar-refractivity contribution is -0.137. The maximum Gasteiger partial charge on any atom is 0.408 e. The largest absolute Gasteiger partial charge is 0.492 e. The Morgan fingerprint density at radius 3 is 2.47 bits per heavy atom. The molecule has 0 aromatic heterocycles. The van der Waals surface area contributed by atoms with Crippen molar-refractivity contribution in [2.24, 2.45) is 0 Å². The number of alkyl carbamates (subject to hydrolysis) is 1. The molecule has 0 bridgehead atoms. The van der Waals surface area contributed by atoms with E-state index in [2.05, 4.69) is 10.2 Å². The van der Waals surface area contributed by atoms with Crippen LogP contribution in [0.5, 0.6) is 5.75 Å². The number of carbonyl (C=O) groups is 2. The zero-order valence-electron chi connectivity index (χ0n) is 29.6. The molecule has 2 saturated heterocycles. The summed E-state index contributed by atoms with van der Waals surface area (Å²) in [4.78, 5) is 31.4. The number of carbonyl (C=O) groups excluding carboxylic acids is 2. The van der Waals surface area contributed by atoms with E-state index in [0.29, 0.717) is 25.9 Å². The molecule has 3 N–H and O–H groups in total. The molecule has 6 rings (SSSR count). The molecule has 274 valence electrons. The monoisotopic (exact) mass is 701 g/mol. The molecule has 2 aliphatic heterocycles. The number of aliphatic hydroxyl groups is 2. The highest BCUT2D eigenvalue weighted by Gasteiger charge is 2.40. The molecule has 11 heteroatoms. The number of nitrogens with zero attached hydrogens (tertiary/aromatic N) is 2. The van der Waals surface area contributed by atoms with Gasteiger partial charge in [0.25, 0.3) is 0 Å². The molecule has 0 spiro atoms. The van der Waals surface area contributed by atoms with Crippen LogP contribution in [-0.2, 0) is 31.8 Å². The first-order valence-electron chi connectivity index (χ1n) is 18.1. The Morgan fingerprint density at radius 2 is 1.75 bits per heavy atom. The van der Waals surface area contributed by atoms with Gasteiger partial charge in [-0.2, -0.15) is 0 Å². The van der Waals surface area contributed by atoms with Crippen LogP contribution in [0.2, 0.25) is 0 Å². The van der Waals surface area contributed by atoms with Gasteiger partial charge >= 0.3 is 6.09 Å². The van der Waals surface area contributed by atoms with Gasteiger partial charge in [0.05, 0.1) is 44.2 Å². The summed E-state index contributed by atoms with van der Waals surface area (Å²) in [6.45, 7) is 6.85. The van der Waals surface area contributed by atoms with Gasteiger partial charge in [0.1, 0.15) is 24.5 Å². The number of aliphatic hydroxyl groups excluding tert-OH is 2. The second-order valence-corrected chi connectivity index (χ2v) is 13.9. The molecule has 7 atom stereocenters. The second kappa shape index (κ2) is 17.5. The van der Waals surface area contributed by atoms with Gasteiger partial charge in [0.15, 0.2) is 0 Å². The number of amides is 2. The fourth-order valence-corrected chi connectivity index (χ4v) is 7.49. The summed E-state index contributed by atoms with van der Waals surface area (Å²) < 4.78 is 22.7. The summed E-state index contributed by atoms with van der Waals surface area (Å²) in [6, 6.07) is 23.6. The number of likely N-dealkylation sites (N-methyl/N-ethyl adjacent to an activating group) is 1. The van der Waals surface area contributed by atoms with Crippen LogP contribution in [-0.4, -0.2) is 116 Å². The minimum Gasteiger partial charge on any atom is -0.492 e. The maximum absolute atomic E-state index is 14.3. The number of nitrogens with one attached hydrogen (secondary N) is 1. The molecular formula is C40H51N3O8. The van der Waals surface area contributed by atoms with Crippen molar-refractivity contribution in [2.45, 2.75) is 75.0 Å². The Hall–Kier alpha value is -4.00. The first kappa shape index (κ1) is 36.8. The van der Waals surface area contributed by atoms with E-state index >= 15 is 0 Å². The SMILES string of the molecule is C[C@H]1C[C@H](OC(=O)N[C@H](C[C@H](O)[C@@H](Cc2ccccc2)c2ccc(OCCN3CCOCC3)cc2)C(=O)N(C)[C@H]2c3ccccc3C[C@H]2O)CO1. The zero-order chi connectivity index (χ0) is 35.7. The minimum absolute atomic E-state index is 0.0302. The van der Waals surface area contributed by atoms with Crippen molar-refractivity contribution in [1.82, 2.24) is 15.1 Å². The molecule has 0 unspecified atom stereocenters. The number of rotatable bonds is 14. The highest BCUT2D eigenvalue weighted by Crippen LogP contribution is 2.36. The first-order valence-corrected chi connectivity index (χ1v) is 18.1. The van der Waals surface area contributed by atoms with E-state index in [1.54, 1.807) is 7.05 Å². The van der Waals surface area contributed by atoms with Crippen LogP contribution in [0.25, 0.3) is 0 Å². The molecule has 0 saturated carbocycles. The molecule has 11 nitrogen and oxygen atoms in total. The Bertz CT molecular complexity index is 1570. The Morgan fingerprint density at radius 1 is 1.02 bits per heavy atom. The molecule has 2 heterocycles. The lowest BCUT2D eigenvalue weighted by Crippen LogP contribution is -2.51. The molecule has 3 aliphatic rings. The fourth-order valence-electron chi connectivity index (χ4n) is 7.49. The van der Waals surface area contributed by atoms with Crippen molar-refractivity contribution in [3.8, 4) is 5.75 Å². The van der Waals surface area contributed by atoms with Crippen molar-refractivity contribution in [3.05, 3.63) is 101 Å². The lowest BCUT2D eigenvalue weighted by Gasteiger charge is -2.33. The van der Waals surface area contributed by atoms with Crippen LogP contribution in [0.15, 0.2) is 78.9 Å². The van der Waals surface area contributed by atoms with Crippen LogP contribution >= 0.6 is 0 Å². The van der Waals surface area contributed by atoms with Gasteiger partial charge in [-0.15, -0.1) is 0 Å². The van der Waals surface area contributed by atoms with Gasteiger partial charge in [0.2, 0.25) is 5.91 Å². The van der Waals surface area contributed by atoms with Crippen molar-refractivity contribution < 1.29 is 38.7 Å². The molecular weight excluding hydrogens is 650 g/mol. The van der Waals surface area contributed by atoms with Crippen molar-refractivity contribution >= 4 is 12.0 Å². The molecule has 0 radical (unpaired) electrons. The van der Waals surface area contributed by atoms with Crippen LogP contribution in [0.1, 0.15) is 54.0 Å². The van der Waals surface area contributed by atoms with Crippen molar-refractivity contribution in [1.29, 1.82) is 0 Å². The normalized spacial score (nSPS) is 23.5. The van der Waals surface area contributed by atoms with E-state index in [9.17, 15) is 19.8 Å². The van der Waals surface area contributed by atoms with Gasteiger partial charge in [-0.05, 0) is 47.7 Å². The summed E-state index contributed by atoms with van der Waals surface area (Å²) in [6.07, 6.45) is -1.62. The van der Waals surface area contributed by atoms with Crippen LogP contribution < -0.4 is 10.1 Å². The van der Waals surface area contributed by atoms with E-state index in [0.717, 1.165) is 60.9 Å². The molecule has 3 aromatic rings. The Balaban J connectivity index is 1.20. The quantitative estimate of drug-likeness (QED) is 0.230. The molecule has 1 aliphatic carbocycles. The van der Waals surface area contributed by atoms with Gasteiger partial charge in [-0.3, -0.25) is 9.69 Å². The number of morpholine rings is 1. The molecule has 3 aromatic carbocycles. The minimum atomic E-state index is -1.13. The topological polar surface area (TPSA) is 130 Å². The number of benzene rings is 3. The van der Waals surface area contributed by atoms with Crippen LogP contribution in [0, 0.1) is 0 Å². The third-order valence-electron chi connectivity index (χ3n) is 10.3. The van der Waals surface area contributed by atoms with Gasteiger partial charge in [-0.1, -0.05) is 66.7 Å². The van der Waals surface area contributed by atoms with E-state index in [4.69, 9.17) is 18.9 Å². The summed E-state index contributed by atoms with van der Waals surface area (Å²) in [7, 11) is 1.64. The van der Waals surface area contributed by atoms with E-state index < -0.39 is 48.3 Å². The van der Waals surface area contributed by atoms with Gasteiger partial charge in [-0.25, -0.2) is 4.79 Å². The standard InChI is InChI=1S/C40H51N3O8/c1-27-22-32(26-50-27)51-40(47)41-35(39(46)42(2)38-33-11-7-6-10-30(33)24-37(38)45)25-36(44)34(23-28-8-4-3-5-9-28)29-12-14-31(15-13-29)49-21-18-43-16-19-48-20-17-43/h3-15,27,32,34-38,44-45H,16-26H2,1-2H3,(H,41,47)/t27-,32-,34-,35+,36-,37+,38-/m0/s1. The predicted molar refractivity (Wildman–Crippen MR) is 192 cm³/mol. The van der Waals surface area contributed by atoms with Gasteiger partial charge < -0.3 is 39.4 Å². The fraction of sp³-hybridized carbons (Fsp3) is 0.500. The van der Waals surface area contributed by atoms with E-state index in [1.165, 1.54) is 4.90 Å². The molecule has 2 fully saturated rings. The van der Waals surface area contributed by atoms with Gasteiger partial charge in [0, 0.05) is 51.9 Å².